The Morgan fingerprint density at radius 2 is 2.14 bits per heavy atom. The van der Waals surface area contributed by atoms with Crippen molar-refractivity contribution in [2.24, 2.45) is 0 Å². The van der Waals surface area contributed by atoms with E-state index in [-0.39, 0.29) is 5.16 Å². The van der Waals surface area contributed by atoms with Crippen LogP contribution in [-0.2, 0) is 9.84 Å². The van der Waals surface area contributed by atoms with Crippen LogP contribution in [-0.4, -0.2) is 37.1 Å². The molecule has 0 aliphatic carbocycles. The molecule has 2 heterocycles. The van der Waals surface area contributed by atoms with E-state index in [2.05, 4.69) is 10.1 Å². The summed E-state index contributed by atoms with van der Waals surface area (Å²) < 4.78 is 23.6. The second-order valence-electron chi connectivity index (χ2n) is 2.91. The Bertz CT molecular complexity index is 590. The Kier molecular flexibility index (Phi) is 1.85. The summed E-state index contributed by atoms with van der Waals surface area (Å²) in [5.41, 5.74) is 1.04. The highest BCUT2D eigenvalue weighted by Crippen LogP contribution is 2.02. The van der Waals surface area contributed by atoms with Gasteiger partial charge in [0.2, 0.25) is 9.84 Å². The molecule has 0 spiro atoms. The van der Waals surface area contributed by atoms with Crippen molar-refractivity contribution in [3.8, 4) is 0 Å². The van der Waals surface area contributed by atoms with Crippen molar-refractivity contribution in [2.75, 3.05) is 6.26 Å². The second-order valence-corrected chi connectivity index (χ2v) is 4.82. The molecule has 14 heavy (non-hydrogen) atoms. The lowest BCUT2D eigenvalue weighted by molar-refractivity contribution is 0.588. The minimum absolute atomic E-state index is 0.229. The molecule has 0 N–H and O–H groups in total. The minimum atomic E-state index is -3.39. The van der Waals surface area contributed by atoms with Crippen LogP contribution in [0.3, 0.4) is 0 Å². The van der Waals surface area contributed by atoms with Crippen molar-refractivity contribution in [3.63, 3.8) is 0 Å². The lowest BCUT2D eigenvalue weighted by Gasteiger charge is -1.99. The predicted molar refractivity (Wildman–Crippen MR) is 51.5 cm³/mol. The average molecular weight is 207 g/mol. The van der Waals surface area contributed by atoms with E-state index in [9.17, 15) is 8.42 Å². The van der Waals surface area contributed by atoms with Crippen LogP contribution in [0.1, 0.15) is 0 Å². The summed E-state index contributed by atoms with van der Waals surface area (Å²) in [7, 11) is 2.18. The van der Waals surface area contributed by atoms with Crippen LogP contribution in [0.25, 0.3) is 5.52 Å². The van der Waals surface area contributed by atoms with Gasteiger partial charge in [-0.3, -0.25) is 0 Å². The molecule has 0 unspecified atom stereocenters. The fourth-order valence-electron chi connectivity index (χ4n) is 1.08. The Morgan fingerprint density at radius 3 is 2.79 bits per heavy atom. The van der Waals surface area contributed by atoms with Crippen molar-refractivity contribution in [3.05, 3.63) is 18.3 Å². The van der Waals surface area contributed by atoms with Crippen LogP contribution < -0.4 is 5.59 Å². The lowest BCUT2D eigenvalue weighted by Crippen LogP contribution is -2.16. The highest BCUT2D eigenvalue weighted by Gasteiger charge is 2.11. The van der Waals surface area contributed by atoms with E-state index in [0.717, 1.165) is 6.26 Å². The zero-order valence-electron chi connectivity index (χ0n) is 7.38. The Morgan fingerprint density at radius 1 is 1.43 bits per heavy atom. The molecule has 0 fully saturated rings. The van der Waals surface area contributed by atoms with E-state index in [1.165, 1.54) is 10.7 Å². The van der Waals surface area contributed by atoms with Crippen molar-refractivity contribution >= 4 is 28.8 Å². The van der Waals surface area contributed by atoms with Crippen LogP contribution in [0.5, 0.6) is 0 Å². The molecule has 70 valence electrons. The standard InChI is InChI=1S/C7H6BN3O2S/c1-14(12,13)7-9-4-5-2-3-6(8)11(5)10-7/h2-4H,1H3. The maximum Gasteiger partial charge on any atom is 0.265 e. The molecule has 2 aromatic heterocycles. The summed E-state index contributed by atoms with van der Waals surface area (Å²) in [4.78, 5) is 3.72. The Hall–Kier alpha value is -1.37. The summed E-state index contributed by atoms with van der Waals surface area (Å²) in [5.74, 6) is 0. The maximum atomic E-state index is 11.1. The third-order valence-electron chi connectivity index (χ3n) is 1.74. The van der Waals surface area contributed by atoms with Crippen LogP contribution in [0.15, 0.2) is 23.5 Å². The largest absolute Gasteiger partial charge is 0.265 e. The van der Waals surface area contributed by atoms with E-state index in [1.54, 1.807) is 12.1 Å². The van der Waals surface area contributed by atoms with Gasteiger partial charge in [0.1, 0.15) is 7.85 Å². The number of hydrogen-bond donors (Lipinski definition) is 0. The molecule has 5 nitrogen and oxygen atoms in total. The first-order valence-corrected chi connectivity index (χ1v) is 5.68. The molecule has 0 saturated heterocycles. The molecule has 0 atom stereocenters. The van der Waals surface area contributed by atoms with E-state index in [1.807, 2.05) is 0 Å². The normalized spacial score (nSPS) is 12.1. The lowest BCUT2D eigenvalue weighted by atomic mass is 10.1. The third kappa shape index (κ3) is 1.39. The van der Waals surface area contributed by atoms with Crippen molar-refractivity contribution in [2.45, 2.75) is 5.16 Å². The number of nitrogens with zero attached hydrogens (tertiary/aromatic N) is 3. The third-order valence-corrected chi connectivity index (χ3v) is 2.59. The van der Waals surface area contributed by atoms with Crippen molar-refractivity contribution in [1.82, 2.24) is 14.6 Å². The zero-order valence-corrected chi connectivity index (χ0v) is 8.19. The van der Waals surface area contributed by atoms with Crippen LogP contribution in [0, 0.1) is 0 Å². The Balaban J connectivity index is 2.79. The van der Waals surface area contributed by atoms with Gasteiger partial charge in [0.15, 0.2) is 0 Å². The number of aromatic nitrogens is 3. The van der Waals surface area contributed by atoms with E-state index < -0.39 is 9.84 Å². The Labute approximate surface area is 82.1 Å². The van der Waals surface area contributed by atoms with E-state index in [0.29, 0.717) is 11.1 Å². The van der Waals surface area contributed by atoms with Gasteiger partial charge in [0.05, 0.1) is 11.7 Å². The van der Waals surface area contributed by atoms with E-state index in [4.69, 9.17) is 7.85 Å². The topological polar surface area (TPSA) is 64.3 Å². The number of rotatable bonds is 1. The van der Waals surface area contributed by atoms with Crippen LogP contribution in [0.4, 0.5) is 0 Å². The number of sulfone groups is 1. The molecular formula is C7H6BN3O2S. The molecule has 0 bridgehead atoms. The van der Waals surface area contributed by atoms with Gasteiger partial charge in [-0.1, -0.05) is 0 Å². The van der Waals surface area contributed by atoms with Gasteiger partial charge >= 0.3 is 0 Å². The monoisotopic (exact) mass is 207 g/mol. The number of hydrogen-bond acceptors (Lipinski definition) is 4. The maximum absolute atomic E-state index is 11.1. The molecule has 7 heteroatoms. The molecular weight excluding hydrogens is 201 g/mol. The van der Waals surface area contributed by atoms with Gasteiger partial charge < -0.3 is 0 Å². The molecule has 0 aliphatic rings. The summed E-state index contributed by atoms with van der Waals surface area (Å²) in [6.45, 7) is 0. The first kappa shape index (κ1) is 9.20. The first-order chi connectivity index (χ1) is 6.48. The summed E-state index contributed by atoms with van der Waals surface area (Å²) in [6, 6.07) is 3.34. The average Bonchev–Trinajstić information content (AvgIpc) is 2.46. The molecule has 0 amide bonds. The minimum Gasteiger partial charge on any atom is -0.244 e. The summed E-state index contributed by atoms with van der Waals surface area (Å²) in [6.07, 6.45) is 2.47. The molecule has 2 rings (SSSR count). The fourth-order valence-corrected chi connectivity index (χ4v) is 1.55. The van der Waals surface area contributed by atoms with Crippen molar-refractivity contribution in [1.29, 1.82) is 0 Å². The van der Waals surface area contributed by atoms with Gasteiger partial charge in [0, 0.05) is 6.26 Å². The number of fused-ring (bicyclic) bond motifs is 1. The van der Waals surface area contributed by atoms with Gasteiger partial charge in [0.25, 0.3) is 5.16 Å². The van der Waals surface area contributed by atoms with Crippen molar-refractivity contribution < 1.29 is 8.42 Å². The SMILES string of the molecule is [B]c1ccc2cnc(S(C)(=O)=O)nn12. The molecule has 0 aromatic carbocycles. The fraction of sp³-hybridized carbons (Fsp3) is 0.143. The summed E-state index contributed by atoms with van der Waals surface area (Å²) in [5, 5.41) is 3.57. The zero-order chi connectivity index (χ0) is 10.3. The van der Waals surface area contributed by atoms with Crippen LogP contribution in [0.2, 0.25) is 0 Å². The van der Waals surface area contributed by atoms with Gasteiger partial charge in [-0.2, -0.15) is 0 Å². The summed E-state index contributed by atoms with van der Waals surface area (Å²) >= 11 is 0. The second kappa shape index (κ2) is 2.81. The smallest absolute Gasteiger partial charge is 0.244 e. The quantitative estimate of drug-likeness (QED) is 0.558. The molecule has 2 aromatic rings. The van der Waals surface area contributed by atoms with Gasteiger partial charge in [-0.25, -0.2) is 17.9 Å². The van der Waals surface area contributed by atoms with Gasteiger partial charge in [-0.15, -0.1) is 5.10 Å². The van der Waals surface area contributed by atoms with Gasteiger partial charge in [-0.05, 0) is 17.7 Å². The highest BCUT2D eigenvalue weighted by atomic mass is 32.2. The molecule has 2 radical (unpaired) electrons. The van der Waals surface area contributed by atoms with Crippen LogP contribution >= 0.6 is 0 Å². The molecule has 0 aliphatic heterocycles. The first-order valence-electron chi connectivity index (χ1n) is 3.79. The molecule has 0 saturated carbocycles. The predicted octanol–water partition coefficient (Wildman–Crippen LogP) is -1.07. The highest BCUT2D eigenvalue weighted by molar-refractivity contribution is 7.90. The van der Waals surface area contributed by atoms with E-state index >= 15 is 0 Å².